The van der Waals surface area contributed by atoms with Crippen LogP contribution in [0.2, 0.25) is 0 Å². The molecule has 0 bridgehead atoms. The van der Waals surface area contributed by atoms with Gasteiger partial charge in [-0.05, 0) is 19.3 Å². The maximum Gasteiger partial charge on any atom is 0.326 e. The lowest BCUT2D eigenvalue weighted by Crippen LogP contribution is -2.46. The quantitative estimate of drug-likeness (QED) is 0.537. The van der Waals surface area contributed by atoms with Gasteiger partial charge in [0.2, 0.25) is 0 Å². The van der Waals surface area contributed by atoms with Gasteiger partial charge in [-0.1, -0.05) is 45.4 Å². The molecule has 3 nitrogen and oxygen atoms in total. The highest BCUT2D eigenvalue weighted by molar-refractivity contribution is 5.80. The third-order valence-electron chi connectivity index (χ3n) is 3.38. The highest BCUT2D eigenvalue weighted by atomic mass is 16.5. The zero-order valence-electron chi connectivity index (χ0n) is 10.5. The Labute approximate surface area is 98.7 Å². The lowest BCUT2D eigenvalue weighted by atomic mass is 10.00. The summed E-state index contributed by atoms with van der Waals surface area (Å²) in [6.45, 7) is 2.74. The van der Waals surface area contributed by atoms with Crippen LogP contribution < -0.4 is 5.73 Å². The Morgan fingerprint density at radius 2 is 1.81 bits per heavy atom. The summed E-state index contributed by atoms with van der Waals surface area (Å²) in [5.41, 5.74) is 5.33. The molecule has 0 heterocycles. The summed E-state index contributed by atoms with van der Waals surface area (Å²) >= 11 is 0. The number of esters is 1. The van der Waals surface area contributed by atoms with Gasteiger partial charge in [0.1, 0.15) is 5.54 Å². The standard InChI is InChI=1S/C13H25NO2/c1-2-3-4-5-8-11-16-12(15)13(14)9-6-7-10-13/h2-11,14H2,1H3. The van der Waals surface area contributed by atoms with E-state index in [1.54, 1.807) is 0 Å². The molecule has 0 atom stereocenters. The summed E-state index contributed by atoms with van der Waals surface area (Å²) < 4.78 is 5.25. The largest absolute Gasteiger partial charge is 0.464 e. The summed E-state index contributed by atoms with van der Waals surface area (Å²) in [6.07, 6.45) is 9.58. The van der Waals surface area contributed by atoms with Crippen LogP contribution in [0.3, 0.4) is 0 Å². The molecular weight excluding hydrogens is 202 g/mol. The van der Waals surface area contributed by atoms with E-state index in [0.29, 0.717) is 6.61 Å². The van der Waals surface area contributed by atoms with Crippen LogP contribution in [0.5, 0.6) is 0 Å². The van der Waals surface area contributed by atoms with Crippen molar-refractivity contribution in [2.24, 2.45) is 5.73 Å². The Morgan fingerprint density at radius 3 is 2.44 bits per heavy atom. The van der Waals surface area contributed by atoms with Crippen molar-refractivity contribution in [3.05, 3.63) is 0 Å². The van der Waals surface area contributed by atoms with Gasteiger partial charge in [0.15, 0.2) is 0 Å². The topological polar surface area (TPSA) is 52.3 Å². The predicted octanol–water partition coefficient (Wildman–Crippen LogP) is 2.77. The SMILES string of the molecule is CCCCCCCOC(=O)C1(N)CCCC1. The molecule has 1 saturated carbocycles. The molecule has 0 aromatic rings. The van der Waals surface area contributed by atoms with Crippen molar-refractivity contribution in [3.63, 3.8) is 0 Å². The molecule has 0 aromatic carbocycles. The van der Waals surface area contributed by atoms with Crippen molar-refractivity contribution in [2.75, 3.05) is 6.61 Å². The van der Waals surface area contributed by atoms with E-state index in [1.165, 1.54) is 19.3 Å². The normalized spacial score (nSPS) is 18.6. The molecule has 1 aliphatic carbocycles. The van der Waals surface area contributed by atoms with E-state index in [2.05, 4.69) is 6.92 Å². The fraction of sp³-hybridized carbons (Fsp3) is 0.923. The fourth-order valence-corrected chi connectivity index (χ4v) is 2.22. The Morgan fingerprint density at radius 1 is 1.19 bits per heavy atom. The predicted molar refractivity (Wildman–Crippen MR) is 65.1 cm³/mol. The van der Waals surface area contributed by atoms with Crippen molar-refractivity contribution in [1.29, 1.82) is 0 Å². The minimum Gasteiger partial charge on any atom is -0.464 e. The molecule has 3 heteroatoms. The average molecular weight is 227 g/mol. The van der Waals surface area contributed by atoms with Gasteiger partial charge in [0.25, 0.3) is 0 Å². The second kappa shape index (κ2) is 6.89. The number of carbonyl (C=O) groups is 1. The first-order valence-corrected chi connectivity index (χ1v) is 6.65. The number of rotatable bonds is 7. The monoisotopic (exact) mass is 227 g/mol. The third kappa shape index (κ3) is 4.12. The highest BCUT2D eigenvalue weighted by Gasteiger charge is 2.38. The minimum atomic E-state index is -0.663. The number of unbranched alkanes of at least 4 members (excludes halogenated alkanes) is 4. The maximum absolute atomic E-state index is 11.7. The van der Waals surface area contributed by atoms with Gasteiger partial charge in [0.05, 0.1) is 6.61 Å². The molecule has 1 fully saturated rings. The summed E-state index contributed by atoms with van der Waals surface area (Å²) in [6, 6.07) is 0. The molecule has 1 aliphatic rings. The van der Waals surface area contributed by atoms with Gasteiger partial charge in [-0.2, -0.15) is 0 Å². The van der Waals surface area contributed by atoms with Crippen LogP contribution in [0.25, 0.3) is 0 Å². The first-order chi connectivity index (χ1) is 7.69. The molecule has 2 N–H and O–H groups in total. The van der Waals surface area contributed by atoms with Crippen LogP contribution in [-0.4, -0.2) is 18.1 Å². The van der Waals surface area contributed by atoms with Crippen LogP contribution in [0.1, 0.15) is 64.7 Å². The van der Waals surface area contributed by atoms with Crippen LogP contribution in [-0.2, 0) is 9.53 Å². The Bertz CT molecular complexity index is 210. The molecule has 0 saturated heterocycles. The molecule has 16 heavy (non-hydrogen) atoms. The van der Waals surface area contributed by atoms with Crippen molar-refractivity contribution in [1.82, 2.24) is 0 Å². The van der Waals surface area contributed by atoms with Gasteiger partial charge >= 0.3 is 5.97 Å². The van der Waals surface area contributed by atoms with Crippen LogP contribution in [0.4, 0.5) is 0 Å². The number of hydrogen-bond acceptors (Lipinski definition) is 3. The smallest absolute Gasteiger partial charge is 0.326 e. The molecule has 0 unspecified atom stereocenters. The van der Waals surface area contributed by atoms with E-state index in [0.717, 1.165) is 38.5 Å². The molecule has 0 radical (unpaired) electrons. The highest BCUT2D eigenvalue weighted by Crippen LogP contribution is 2.28. The Hall–Kier alpha value is -0.570. The molecule has 1 rings (SSSR count). The van der Waals surface area contributed by atoms with Gasteiger partial charge in [-0.25, -0.2) is 0 Å². The number of ether oxygens (including phenoxy) is 1. The molecule has 0 spiro atoms. The van der Waals surface area contributed by atoms with E-state index in [4.69, 9.17) is 10.5 Å². The summed E-state index contributed by atoms with van der Waals surface area (Å²) in [4.78, 5) is 11.7. The maximum atomic E-state index is 11.7. The van der Waals surface area contributed by atoms with Crippen LogP contribution in [0.15, 0.2) is 0 Å². The summed E-state index contributed by atoms with van der Waals surface area (Å²) in [7, 11) is 0. The zero-order valence-corrected chi connectivity index (χ0v) is 10.5. The summed E-state index contributed by atoms with van der Waals surface area (Å²) in [5.74, 6) is -0.180. The summed E-state index contributed by atoms with van der Waals surface area (Å²) in [5, 5.41) is 0. The molecular formula is C13H25NO2. The second-order valence-corrected chi connectivity index (χ2v) is 4.91. The van der Waals surface area contributed by atoms with E-state index in [9.17, 15) is 4.79 Å². The van der Waals surface area contributed by atoms with E-state index in [1.807, 2.05) is 0 Å². The van der Waals surface area contributed by atoms with Crippen LogP contribution in [0, 0.1) is 0 Å². The van der Waals surface area contributed by atoms with Gasteiger partial charge in [0, 0.05) is 0 Å². The Kier molecular flexibility index (Phi) is 5.81. The van der Waals surface area contributed by atoms with E-state index < -0.39 is 5.54 Å². The number of nitrogens with two attached hydrogens (primary N) is 1. The van der Waals surface area contributed by atoms with Gasteiger partial charge < -0.3 is 10.5 Å². The minimum absolute atomic E-state index is 0.180. The van der Waals surface area contributed by atoms with Gasteiger partial charge in [-0.3, -0.25) is 4.79 Å². The molecule has 0 amide bonds. The zero-order chi connectivity index (χ0) is 11.9. The van der Waals surface area contributed by atoms with Crippen molar-refractivity contribution < 1.29 is 9.53 Å². The molecule has 0 aliphatic heterocycles. The van der Waals surface area contributed by atoms with Crippen LogP contribution >= 0.6 is 0 Å². The van der Waals surface area contributed by atoms with Gasteiger partial charge in [-0.15, -0.1) is 0 Å². The first-order valence-electron chi connectivity index (χ1n) is 6.65. The lowest BCUT2D eigenvalue weighted by Gasteiger charge is -2.20. The second-order valence-electron chi connectivity index (χ2n) is 4.91. The average Bonchev–Trinajstić information content (AvgIpc) is 2.71. The molecule has 94 valence electrons. The van der Waals surface area contributed by atoms with E-state index in [-0.39, 0.29) is 5.97 Å². The third-order valence-corrected chi connectivity index (χ3v) is 3.38. The lowest BCUT2D eigenvalue weighted by molar-refractivity contribution is -0.150. The fourth-order valence-electron chi connectivity index (χ4n) is 2.22. The number of hydrogen-bond donors (Lipinski definition) is 1. The van der Waals surface area contributed by atoms with Crippen molar-refractivity contribution >= 4 is 5.97 Å². The first kappa shape index (κ1) is 13.5. The van der Waals surface area contributed by atoms with Crippen molar-refractivity contribution in [2.45, 2.75) is 70.3 Å². The van der Waals surface area contributed by atoms with Crippen molar-refractivity contribution in [3.8, 4) is 0 Å². The van der Waals surface area contributed by atoms with E-state index >= 15 is 0 Å². The number of carbonyl (C=O) groups excluding carboxylic acids is 1. The Balaban J connectivity index is 2.06. The molecule has 0 aromatic heterocycles.